The van der Waals surface area contributed by atoms with Crippen molar-refractivity contribution in [1.29, 1.82) is 0 Å². The number of nitrogens with zero attached hydrogens (tertiary/aromatic N) is 2. The first-order valence-corrected chi connectivity index (χ1v) is 4.86. The average molecular weight is 204 g/mol. The van der Waals surface area contributed by atoms with Gasteiger partial charge in [0, 0.05) is 19.6 Å². The zero-order chi connectivity index (χ0) is 10.7. The molecule has 0 bridgehead atoms. The third-order valence-corrected chi connectivity index (χ3v) is 2.47. The van der Waals surface area contributed by atoms with E-state index in [1.807, 2.05) is 30.3 Å². The number of carbonyl (C=O) groups is 2. The molecule has 0 unspecified atom stereocenters. The van der Waals surface area contributed by atoms with Crippen molar-refractivity contribution in [2.75, 3.05) is 13.1 Å². The highest BCUT2D eigenvalue weighted by Gasteiger charge is 2.27. The Bertz CT molecular complexity index is 364. The third kappa shape index (κ3) is 1.98. The summed E-state index contributed by atoms with van der Waals surface area (Å²) in [4.78, 5) is 24.9. The number of hydrogen-bond acceptors (Lipinski definition) is 2. The molecule has 1 saturated heterocycles. The van der Waals surface area contributed by atoms with Crippen LogP contribution in [-0.2, 0) is 11.3 Å². The summed E-state index contributed by atoms with van der Waals surface area (Å²) in [5.41, 5.74) is 1.08. The van der Waals surface area contributed by atoms with E-state index in [0.717, 1.165) is 5.56 Å². The molecule has 0 N–H and O–H groups in total. The van der Waals surface area contributed by atoms with E-state index in [0.29, 0.717) is 26.0 Å². The van der Waals surface area contributed by atoms with Crippen LogP contribution in [0.2, 0.25) is 0 Å². The van der Waals surface area contributed by atoms with Gasteiger partial charge in [0.15, 0.2) is 0 Å². The number of hydrogen-bond donors (Lipinski definition) is 0. The van der Waals surface area contributed by atoms with Gasteiger partial charge in [-0.2, -0.15) is 0 Å². The van der Waals surface area contributed by atoms with E-state index < -0.39 is 0 Å². The SMILES string of the molecule is O=CN1CCN(Cc2ccccc2)C1=O. The predicted molar refractivity (Wildman–Crippen MR) is 55.0 cm³/mol. The summed E-state index contributed by atoms with van der Waals surface area (Å²) in [6.07, 6.45) is 0.591. The molecular formula is C11H12N2O2. The van der Waals surface area contributed by atoms with Gasteiger partial charge < -0.3 is 4.90 Å². The lowest BCUT2D eigenvalue weighted by Crippen LogP contribution is -2.30. The van der Waals surface area contributed by atoms with Crippen LogP contribution in [0.25, 0.3) is 0 Å². The van der Waals surface area contributed by atoms with Gasteiger partial charge in [-0.15, -0.1) is 0 Å². The van der Waals surface area contributed by atoms with Crippen LogP contribution >= 0.6 is 0 Å². The molecule has 0 radical (unpaired) electrons. The summed E-state index contributed by atoms with van der Waals surface area (Å²) in [7, 11) is 0. The molecule has 0 aliphatic carbocycles. The maximum absolute atomic E-state index is 11.6. The maximum Gasteiger partial charge on any atom is 0.326 e. The molecule has 0 atom stereocenters. The van der Waals surface area contributed by atoms with Crippen molar-refractivity contribution in [3.63, 3.8) is 0 Å². The van der Waals surface area contributed by atoms with E-state index in [1.165, 1.54) is 4.90 Å². The molecule has 0 saturated carbocycles. The Morgan fingerprint density at radius 2 is 1.93 bits per heavy atom. The highest BCUT2D eigenvalue weighted by molar-refractivity contribution is 5.86. The van der Waals surface area contributed by atoms with Crippen molar-refractivity contribution in [2.24, 2.45) is 0 Å². The Morgan fingerprint density at radius 1 is 1.20 bits per heavy atom. The largest absolute Gasteiger partial charge is 0.326 e. The van der Waals surface area contributed by atoms with Crippen LogP contribution in [-0.4, -0.2) is 35.3 Å². The smallest absolute Gasteiger partial charge is 0.318 e. The van der Waals surface area contributed by atoms with Crippen molar-refractivity contribution in [1.82, 2.24) is 9.80 Å². The van der Waals surface area contributed by atoms with Crippen LogP contribution in [0.15, 0.2) is 30.3 Å². The number of rotatable bonds is 3. The lowest BCUT2D eigenvalue weighted by Gasteiger charge is -2.15. The Balaban J connectivity index is 2.03. The zero-order valence-electron chi connectivity index (χ0n) is 8.30. The van der Waals surface area contributed by atoms with Crippen LogP contribution in [0.3, 0.4) is 0 Å². The molecule has 3 amide bonds. The fourth-order valence-corrected chi connectivity index (χ4v) is 1.65. The maximum atomic E-state index is 11.6. The molecule has 78 valence electrons. The number of urea groups is 1. The van der Waals surface area contributed by atoms with Crippen molar-refractivity contribution >= 4 is 12.4 Å². The summed E-state index contributed by atoms with van der Waals surface area (Å²) in [6.45, 7) is 1.69. The van der Waals surface area contributed by atoms with Crippen molar-refractivity contribution in [3.8, 4) is 0 Å². The predicted octanol–water partition coefficient (Wildman–Crippen LogP) is 1.08. The standard InChI is InChI=1S/C11H12N2O2/c14-9-13-7-6-12(11(13)15)8-10-4-2-1-3-5-10/h1-5,9H,6-8H2. The molecule has 0 aromatic heterocycles. The van der Waals surface area contributed by atoms with E-state index in [9.17, 15) is 9.59 Å². The monoisotopic (exact) mass is 204 g/mol. The second kappa shape index (κ2) is 4.13. The first kappa shape index (κ1) is 9.71. The van der Waals surface area contributed by atoms with E-state index in [-0.39, 0.29) is 6.03 Å². The van der Waals surface area contributed by atoms with Gasteiger partial charge in [0.1, 0.15) is 0 Å². The number of imide groups is 1. The van der Waals surface area contributed by atoms with Crippen LogP contribution in [0.5, 0.6) is 0 Å². The Hall–Kier alpha value is -1.84. The molecular weight excluding hydrogens is 192 g/mol. The molecule has 4 heteroatoms. The first-order chi connectivity index (χ1) is 7.31. The summed E-state index contributed by atoms with van der Waals surface area (Å²) >= 11 is 0. The molecule has 1 aliphatic rings. The summed E-state index contributed by atoms with van der Waals surface area (Å²) in [5, 5.41) is 0. The van der Waals surface area contributed by atoms with Gasteiger partial charge in [0.25, 0.3) is 0 Å². The summed E-state index contributed by atoms with van der Waals surface area (Å²) in [5.74, 6) is 0. The number of carbonyl (C=O) groups excluding carboxylic acids is 2. The molecule has 15 heavy (non-hydrogen) atoms. The lowest BCUT2D eigenvalue weighted by atomic mass is 10.2. The van der Waals surface area contributed by atoms with Crippen LogP contribution in [0, 0.1) is 0 Å². The van der Waals surface area contributed by atoms with Crippen molar-refractivity contribution < 1.29 is 9.59 Å². The minimum atomic E-state index is -0.200. The number of benzene rings is 1. The molecule has 1 heterocycles. The van der Waals surface area contributed by atoms with E-state index >= 15 is 0 Å². The van der Waals surface area contributed by atoms with Crippen LogP contribution in [0.4, 0.5) is 4.79 Å². The highest BCUT2D eigenvalue weighted by atomic mass is 16.2. The topological polar surface area (TPSA) is 40.6 Å². The van der Waals surface area contributed by atoms with Gasteiger partial charge in [-0.1, -0.05) is 30.3 Å². The van der Waals surface area contributed by atoms with E-state index in [1.54, 1.807) is 4.90 Å². The second-order valence-electron chi connectivity index (χ2n) is 3.49. The Kier molecular flexibility index (Phi) is 2.67. The fraction of sp³-hybridized carbons (Fsp3) is 0.273. The van der Waals surface area contributed by atoms with Gasteiger partial charge >= 0.3 is 6.03 Å². The van der Waals surface area contributed by atoms with Gasteiger partial charge in [0.05, 0.1) is 0 Å². The third-order valence-electron chi connectivity index (χ3n) is 2.47. The zero-order valence-corrected chi connectivity index (χ0v) is 8.30. The lowest BCUT2D eigenvalue weighted by molar-refractivity contribution is -0.115. The van der Waals surface area contributed by atoms with Crippen LogP contribution in [0.1, 0.15) is 5.56 Å². The quantitative estimate of drug-likeness (QED) is 0.691. The molecule has 0 spiro atoms. The van der Waals surface area contributed by atoms with Gasteiger partial charge in [-0.05, 0) is 5.56 Å². The summed E-state index contributed by atoms with van der Waals surface area (Å²) in [6, 6.07) is 9.55. The van der Waals surface area contributed by atoms with Crippen molar-refractivity contribution in [3.05, 3.63) is 35.9 Å². The highest BCUT2D eigenvalue weighted by Crippen LogP contribution is 2.11. The Morgan fingerprint density at radius 3 is 2.53 bits per heavy atom. The minimum absolute atomic E-state index is 0.200. The van der Waals surface area contributed by atoms with Gasteiger partial charge in [0.2, 0.25) is 6.41 Å². The molecule has 1 aliphatic heterocycles. The average Bonchev–Trinajstić information content (AvgIpc) is 2.62. The first-order valence-electron chi connectivity index (χ1n) is 4.86. The van der Waals surface area contributed by atoms with E-state index in [2.05, 4.69) is 0 Å². The fourth-order valence-electron chi connectivity index (χ4n) is 1.65. The second-order valence-corrected chi connectivity index (χ2v) is 3.49. The van der Waals surface area contributed by atoms with Gasteiger partial charge in [-0.25, -0.2) is 4.79 Å². The molecule has 1 aromatic rings. The normalized spacial score (nSPS) is 15.9. The molecule has 2 rings (SSSR count). The number of amides is 3. The summed E-state index contributed by atoms with van der Waals surface area (Å²) < 4.78 is 0. The van der Waals surface area contributed by atoms with E-state index in [4.69, 9.17) is 0 Å². The molecule has 1 aromatic carbocycles. The van der Waals surface area contributed by atoms with Crippen LogP contribution < -0.4 is 0 Å². The van der Waals surface area contributed by atoms with Gasteiger partial charge in [-0.3, -0.25) is 9.69 Å². The molecule has 1 fully saturated rings. The minimum Gasteiger partial charge on any atom is -0.318 e. The Labute approximate surface area is 88.1 Å². The van der Waals surface area contributed by atoms with Crippen molar-refractivity contribution in [2.45, 2.75) is 6.54 Å². The molecule has 4 nitrogen and oxygen atoms in total.